The SMILES string of the molecule is CC(C)OC(=O)c1ccc(N2C(=O)C(Nc3cccc(C(F)(F)F)c3)=C(Sc3ccccc3)C2=O)cc1. The standard InChI is InChI=1S/C27H21F3N2O4S/c1-16(2)36-26(35)17-11-13-20(14-12-17)32-24(33)22(23(25(32)34)37-21-9-4-3-5-10-21)31-19-8-6-7-18(15-19)27(28,29)30/h3-16,31H,1-2H3. The zero-order chi connectivity index (χ0) is 26.7. The predicted octanol–water partition coefficient (Wildman–Crippen LogP) is 6.26. The summed E-state index contributed by atoms with van der Waals surface area (Å²) in [7, 11) is 0. The second-order valence-corrected chi connectivity index (χ2v) is 9.35. The maximum absolute atomic E-state index is 13.4. The van der Waals surface area contributed by atoms with Crippen LogP contribution in [0.3, 0.4) is 0 Å². The first-order valence-electron chi connectivity index (χ1n) is 11.2. The molecule has 0 radical (unpaired) electrons. The second kappa shape index (κ2) is 10.5. The van der Waals surface area contributed by atoms with Gasteiger partial charge in [0.15, 0.2) is 0 Å². The first-order chi connectivity index (χ1) is 17.5. The van der Waals surface area contributed by atoms with Gasteiger partial charge in [-0.3, -0.25) is 9.59 Å². The molecule has 0 fully saturated rings. The van der Waals surface area contributed by atoms with E-state index in [1.807, 2.05) is 0 Å². The lowest BCUT2D eigenvalue weighted by molar-refractivity contribution is -0.137. The first kappa shape index (κ1) is 26.0. The maximum atomic E-state index is 13.4. The van der Waals surface area contributed by atoms with Gasteiger partial charge in [-0.1, -0.05) is 36.0 Å². The fraction of sp³-hybridized carbons (Fsp3) is 0.148. The van der Waals surface area contributed by atoms with Crippen LogP contribution in [-0.4, -0.2) is 23.9 Å². The van der Waals surface area contributed by atoms with Gasteiger partial charge in [0.25, 0.3) is 11.8 Å². The molecule has 37 heavy (non-hydrogen) atoms. The molecule has 2 amide bonds. The van der Waals surface area contributed by atoms with Crippen molar-refractivity contribution in [2.45, 2.75) is 31.0 Å². The number of imide groups is 1. The van der Waals surface area contributed by atoms with E-state index in [9.17, 15) is 27.6 Å². The van der Waals surface area contributed by atoms with E-state index in [-0.39, 0.29) is 33.6 Å². The molecule has 0 bridgehead atoms. The second-order valence-electron chi connectivity index (χ2n) is 8.27. The Morgan fingerprint density at radius 2 is 1.59 bits per heavy atom. The van der Waals surface area contributed by atoms with Crippen molar-refractivity contribution in [3.05, 3.63) is 101 Å². The number of nitrogens with zero attached hydrogens (tertiary/aromatic N) is 1. The Bertz CT molecular complexity index is 1370. The largest absolute Gasteiger partial charge is 0.459 e. The Hall–Kier alpha value is -4.05. The van der Waals surface area contributed by atoms with Gasteiger partial charge in [-0.25, -0.2) is 9.69 Å². The molecule has 190 valence electrons. The number of anilines is 2. The third-order valence-corrected chi connectivity index (χ3v) is 6.26. The highest BCUT2D eigenvalue weighted by Crippen LogP contribution is 2.38. The minimum absolute atomic E-state index is 0.00534. The van der Waals surface area contributed by atoms with Crippen molar-refractivity contribution in [3.63, 3.8) is 0 Å². The van der Waals surface area contributed by atoms with Gasteiger partial charge in [-0.15, -0.1) is 0 Å². The van der Waals surface area contributed by atoms with Crippen LogP contribution in [0.4, 0.5) is 24.5 Å². The smallest absolute Gasteiger partial charge is 0.416 e. The summed E-state index contributed by atoms with van der Waals surface area (Å²) in [5.41, 5.74) is -0.603. The Morgan fingerprint density at radius 1 is 0.919 bits per heavy atom. The average molecular weight is 527 g/mol. The summed E-state index contributed by atoms with van der Waals surface area (Å²) in [6, 6.07) is 18.9. The molecule has 1 heterocycles. The summed E-state index contributed by atoms with van der Waals surface area (Å²) < 4.78 is 44.8. The summed E-state index contributed by atoms with van der Waals surface area (Å²) >= 11 is 1.02. The molecule has 1 aliphatic rings. The van der Waals surface area contributed by atoms with Crippen LogP contribution in [0.15, 0.2) is 94.4 Å². The Morgan fingerprint density at radius 3 is 2.22 bits per heavy atom. The highest BCUT2D eigenvalue weighted by Gasteiger charge is 2.40. The number of halogens is 3. The number of hydrogen-bond donors (Lipinski definition) is 1. The monoisotopic (exact) mass is 526 g/mol. The third-order valence-electron chi connectivity index (χ3n) is 5.17. The fourth-order valence-electron chi connectivity index (χ4n) is 3.50. The van der Waals surface area contributed by atoms with Gasteiger partial charge in [-0.2, -0.15) is 13.2 Å². The number of carbonyl (C=O) groups excluding carboxylic acids is 3. The molecule has 3 aromatic carbocycles. The molecular weight excluding hydrogens is 505 g/mol. The van der Waals surface area contributed by atoms with Crippen molar-refractivity contribution in [1.29, 1.82) is 0 Å². The minimum Gasteiger partial charge on any atom is -0.459 e. The maximum Gasteiger partial charge on any atom is 0.416 e. The Balaban J connectivity index is 1.68. The molecule has 0 aliphatic carbocycles. The highest BCUT2D eigenvalue weighted by atomic mass is 32.2. The van der Waals surface area contributed by atoms with Gasteiger partial charge >= 0.3 is 12.1 Å². The van der Waals surface area contributed by atoms with E-state index >= 15 is 0 Å². The molecule has 4 rings (SSSR count). The van der Waals surface area contributed by atoms with Crippen LogP contribution in [0.5, 0.6) is 0 Å². The molecule has 1 N–H and O–H groups in total. The molecule has 0 atom stereocenters. The van der Waals surface area contributed by atoms with Crippen molar-refractivity contribution >= 4 is 40.9 Å². The zero-order valence-corrected chi connectivity index (χ0v) is 20.5. The van der Waals surface area contributed by atoms with Crippen LogP contribution >= 0.6 is 11.8 Å². The number of rotatable bonds is 7. The Labute approximate surface area is 215 Å². The molecule has 0 unspecified atom stereocenters. The summed E-state index contributed by atoms with van der Waals surface area (Å²) in [5.74, 6) is -1.94. The quantitative estimate of drug-likeness (QED) is 0.289. The number of ether oxygens (including phenoxy) is 1. The number of alkyl halides is 3. The molecule has 0 saturated carbocycles. The van der Waals surface area contributed by atoms with Gasteiger partial charge in [0.05, 0.1) is 22.9 Å². The molecule has 0 spiro atoms. The van der Waals surface area contributed by atoms with E-state index in [0.29, 0.717) is 4.90 Å². The average Bonchev–Trinajstić information content (AvgIpc) is 3.08. The van der Waals surface area contributed by atoms with E-state index in [4.69, 9.17) is 4.74 Å². The van der Waals surface area contributed by atoms with Gasteiger partial charge < -0.3 is 10.1 Å². The molecule has 6 nitrogen and oxygen atoms in total. The number of hydrogen-bond acceptors (Lipinski definition) is 6. The van der Waals surface area contributed by atoms with E-state index in [0.717, 1.165) is 28.8 Å². The Kier molecular flexibility index (Phi) is 7.40. The number of carbonyl (C=O) groups is 3. The summed E-state index contributed by atoms with van der Waals surface area (Å²) in [5, 5.41) is 2.73. The topological polar surface area (TPSA) is 75.7 Å². The van der Waals surface area contributed by atoms with Crippen molar-refractivity contribution in [3.8, 4) is 0 Å². The molecular formula is C27H21F3N2O4S. The van der Waals surface area contributed by atoms with Gasteiger partial charge in [0, 0.05) is 10.6 Å². The van der Waals surface area contributed by atoms with Gasteiger partial charge in [0.1, 0.15) is 10.6 Å². The normalized spacial score (nSPS) is 13.9. The first-order valence-corrected chi connectivity index (χ1v) is 12.0. The van der Waals surface area contributed by atoms with Crippen molar-refractivity contribution in [2.75, 3.05) is 10.2 Å². The van der Waals surface area contributed by atoms with Crippen LogP contribution in [0.1, 0.15) is 29.8 Å². The highest BCUT2D eigenvalue weighted by molar-refractivity contribution is 8.04. The molecule has 3 aromatic rings. The van der Waals surface area contributed by atoms with Crippen molar-refractivity contribution in [1.82, 2.24) is 0 Å². The lowest BCUT2D eigenvalue weighted by Crippen LogP contribution is -2.32. The minimum atomic E-state index is -4.58. The van der Waals surface area contributed by atoms with Crippen molar-refractivity contribution < 1.29 is 32.3 Å². The van der Waals surface area contributed by atoms with E-state index in [1.54, 1.807) is 44.2 Å². The molecule has 1 aliphatic heterocycles. The number of esters is 1. The molecule has 0 saturated heterocycles. The predicted molar refractivity (Wildman–Crippen MR) is 134 cm³/mol. The zero-order valence-electron chi connectivity index (χ0n) is 19.7. The lowest BCUT2D eigenvalue weighted by atomic mass is 10.2. The number of amides is 2. The van der Waals surface area contributed by atoms with Crippen LogP contribution in [-0.2, 0) is 20.5 Å². The summed E-state index contributed by atoms with van der Waals surface area (Å²) in [6.07, 6.45) is -4.89. The fourth-order valence-corrected chi connectivity index (χ4v) is 4.45. The van der Waals surface area contributed by atoms with Crippen LogP contribution in [0, 0.1) is 0 Å². The van der Waals surface area contributed by atoms with Gasteiger partial charge in [0.2, 0.25) is 0 Å². The third kappa shape index (κ3) is 5.86. The van der Waals surface area contributed by atoms with Crippen molar-refractivity contribution in [2.24, 2.45) is 0 Å². The number of thioether (sulfide) groups is 1. The lowest BCUT2D eigenvalue weighted by Gasteiger charge is -2.16. The van der Waals surface area contributed by atoms with E-state index in [1.165, 1.54) is 36.4 Å². The van der Waals surface area contributed by atoms with Crippen LogP contribution < -0.4 is 10.2 Å². The van der Waals surface area contributed by atoms with E-state index < -0.39 is 29.5 Å². The summed E-state index contributed by atoms with van der Waals surface area (Å²) in [4.78, 5) is 40.6. The summed E-state index contributed by atoms with van der Waals surface area (Å²) in [6.45, 7) is 3.43. The van der Waals surface area contributed by atoms with Crippen LogP contribution in [0.2, 0.25) is 0 Å². The van der Waals surface area contributed by atoms with Gasteiger partial charge in [-0.05, 0) is 68.4 Å². The number of nitrogens with one attached hydrogen (secondary N) is 1. The van der Waals surface area contributed by atoms with E-state index in [2.05, 4.69) is 5.32 Å². The number of benzene rings is 3. The molecule has 0 aromatic heterocycles. The van der Waals surface area contributed by atoms with Crippen LogP contribution in [0.25, 0.3) is 0 Å². The molecule has 10 heteroatoms.